The van der Waals surface area contributed by atoms with Crippen LogP contribution >= 0.6 is 12.2 Å². The molecule has 0 spiro atoms. The minimum Gasteiger partial charge on any atom is -0.393 e. The molecule has 2 aliphatic carbocycles. The van der Waals surface area contributed by atoms with E-state index in [1.807, 2.05) is 35.2 Å². The summed E-state index contributed by atoms with van der Waals surface area (Å²) in [7, 11) is 0. The average molecular weight is 302 g/mol. The monoisotopic (exact) mass is 302 g/mol. The first-order chi connectivity index (χ1) is 10.2. The van der Waals surface area contributed by atoms with Crippen molar-refractivity contribution in [3.8, 4) is 0 Å². The predicted molar refractivity (Wildman–Crippen MR) is 89.1 cm³/mol. The van der Waals surface area contributed by atoms with Crippen molar-refractivity contribution in [3.05, 3.63) is 30.3 Å². The van der Waals surface area contributed by atoms with E-state index < -0.39 is 0 Å². The van der Waals surface area contributed by atoms with Crippen LogP contribution in [0.3, 0.4) is 0 Å². The lowest BCUT2D eigenvalue weighted by molar-refractivity contribution is -0.120. The number of para-hydroxylation sites is 1. The van der Waals surface area contributed by atoms with E-state index >= 15 is 0 Å². The summed E-state index contributed by atoms with van der Waals surface area (Å²) in [5.41, 5.74) is 6.58. The van der Waals surface area contributed by atoms with Crippen molar-refractivity contribution < 1.29 is 4.79 Å². The molecule has 21 heavy (non-hydrogen) atoms. The van der Waals surface area contributed by atoms with Crippen molar-refractivity contribution in [1.29, 1.82) is 0 Å². The highest BCUT2D eigenvalue weighted by Gasteiger charge is 2.55. The number of benzene rings is 1. The molecule has 0 aliphatic heterocycles. The number of hydrogen-bond acceptors (Lipinski definition) is 2. The van der Waals surface area contributed by atoms with Gasteiger partial charge in [-0.1, -0.05) is 43.3 Å². The van der Waals surface area contributed by atoms with Crippen LogP contribution in [-0.2, 0) is 4.79 Å². The SMILES string of the molecule is NC(=S)CCN(C(=O)C1C2CCCCC21)c1ccccc1. The number of nitrogens with two attached hydrogens (primary N) is 1. The lowest BCUT2D eigenvalue weighted by Gasteiger charge is -2.23. The summed E-state index contributed by atoms with van der Waals surface area (Å²) < 4.78 is 0. The highest BCUT2D eigenvalue weighted by Crippen LogP contribution is 2.56. The zero-order chi connectivity index (χ0) is 14.8. The van der Waals surface area contributed by atoms with Crippen molar-refractivity contribution in [2.45, 2.75) is 32.1 Å². The Morgan fingerprint density at radius 3 is 2.38 bits per heavy atom. The topological polar surface area (TPSA) is 46.3 Å². The molecule has 2 saturated carbocycles. The van der Waals surface area contributed by atoms with E-state index in [1.165, 1.54) is 25.7 Å². The number of carbonyl (C=O) groups is 1. The first-order valence-corrected chi connectivity index (χ1v) is 8.24. The Kier molecular flexibility index (Phi) is 4.24. The molecule has 4 heteroatoms. The fourth-order valence-electron chi connectivity index (χ4n) is 3.74. The molecule has 2 aliphatic rings. The molecule has 2 N–H and O–H groups in total. The van der Waals surface area contributed by atoms with Crippen molar-refractivity contribution in [2.75, 3.05) is 11.4 Å². The van der Waals surface area contributed by atoms with Gasteiger partial charge in [0.05, 0.1) is 4.99 Å². The Morgan fingerprint density at radius 2 is 1.81 bits per heavy atom. The van der Waals surface area contributed by atoms with Gasteiger partial charge in [0, 0.05) is 24.6 Å². The minimum atomic E-state index is 0.235. The predicted octanol–water partition coefficient (Wildman–Crippen LogP) is 3.13. The standard InChI is InChI=1S/C17H22N2OS/c18-15(21)10-11-19(12-6-2-1-3-7-12)17(20)16-13-8-4-5-9-14(13)16/h1-3,6-7,13-14,16H,4-5,8-11H2,(H2,18,21). The molecule has 3 nitrogen and oxygen atoms in total. The molecular weight excluding hydrogens is 280 g/mol. The molecule has 3 rings (SSSR count). The van der Waals surface area contributed by atoms with E-state index in [4.69, 9.17) is 18.0 Å². The van der Waals surface area contributed by atoms with Gasteiger partial charge in [-0.3, -0.25) is 4.79 Å². The summed E-state index contributed by atoms with van der Waals surface area (Å²) in [6.07, 6.45) is 5.59. The molecular formula is C17H22N2OS. The van der Waals surface area contributed by atoms with Crippen LogP contribution in [0.4, 0.5) is 5.69 Å². The van der Waals surface area contributed by atoms with Crippen molar-refractivity contribution in [1.82, 2.24) is 0 Å². The van der Waals surface area contributed by atoms with E-state index in [2.05, 4.69) is 0 Å². The second kappa shape index (κ2) is 6.14. The van der Waals surface area contributed by atoms with Crippen molar-refractivity contribution in [3.63, 3.8) is 0 Å². The van der Waals surface area contributed by atoms with Gasteiger partial charge in [0.2, 0.25) is 5.91 Å². The van der Waals surface area contributed by atoms with Crippen LogP contribution in [0.5, 0.6) is 0 Å². The summed E-state index contributed by atoms with van der Waals surface area (Å²) in [6.45, 7) is 0.591. The summed E-state index contributed by atoms with van der Waals surface area (Å²) in [5, 5.41) is 0. The van der Waals surface area contributed by atoms with Crippen molar-refractivity contribution >= 4 is 28.8 Å². The molecule has 0 bridgehead atoms. The fraction of sp³-hybridized carbons (Fsp3) is 0.529. The molecule has 2 atom stereocenters. The zero-order valence-corrected chi connectivity index (χ0v) is 13.0. The number of carbonyl (C=O) groups excluding carboxylic acids is 1. The number of nitrogens with zero attached hydrogens (tertiary/aromatic N) is 1. The molecule has 0 heterocycles. The molecule has 112 valence electrons. The Morgan fingerprint density at radius 1 is 1.19 bits per heavy atom. The summed E-state index contributed by atoms with van der Waals surface area (Å²) in [5.74, 6) is 1.76. The minimum absolute atomic E-state index is 0.235. The van der Waals surface area contributed by atoms with E-state index in [0.717, 1.165) is 5.69 Å². The molecule has 2 fully saturated rings. The largest absolute Gasteiger partial charge is 0.393 e. The van der Waals surface area contributed by atoms with Gasteiger partial charge in [-0.25, -0.2) is 0 Å². The molecule has 1 aromatic rings. The lowest BCUT2D eigenvalue weighted by atomic mass is 10.0. The molecule has 1 amide bonds. The van der Waals surface area contributed by atoms with Gasteiger partial charge in [-0.2, -0.15) is 0 Å². The maximum atomic E-state index is 12.9. The average Bonchev–Trinajstić information content (AvgIpc) is 3.22. The lowest BCUT2D eigenvalue weighted by Crippen LogP contribution is -2.35. The van der Waals surface area contributed by atoms with Gasteiger partial charge in [0.15, 0.2) is 0 Å². The molecule has 0 radical (unpaired) electrons. The molecule has 0 saturated heterocycles. The highest BCUT2D eigenvalue weighted by molar-refractivity contribution is 7.80. The van der Waals surface area contributed by atoms with E-state index in [1.54, 1.807) is 0 Å². The third-order valence-electron chi connectivity index (χ3n) is 4.86. The van der Waals surface area contributed by atoms with Crippen LogP contribution in [0.2, 0.25) is 0 Å². The van der Waals surface area contributed by atoms with Crippen LogP contribution in [0.1, 0.15) is 32.1 Å². The van der Waals surface area contributed by atoms with E-state index in [9.17, 15) is 4.79 Å². The normalized spacial score (nSPS) is 26.8. The number of fused-ring (bicyclic) bond motifs is 1. The second-order valence-electron chi connectivity index (χ2n) is 6.18. The maximum absolute atomic E-state index is 12.9. The Labute approximate surface area is 131 Å². The number of anilines is 1. The van der Waals surface area contributed by atoms with Gasteiger partial charge in [0.1, 0.15) is 0 Å². The second-order valence-corrected chi connectivity index (χ2v) is 6.70. The van der Waals surface area contributed by atoms with Gasteiger partial charge >= 0.3 is 0 Å². The van der Waals surface area contributed by atoms with Crippen LogP contribution < -0.4 is 10.6 Å². The first-order valence-electron chi connectivity index (χ1n) is 7.83. The van der Waals surface area contributed by atoms with Crippen LogP contribution in [0.15, 0.2) is 30.3 Å². The van der Waals surface area contributed by atoms with Crippen LogP contribution in [0.25, 0.3) is 0 Å². The van der Waals surface area contributed by atoms with Gasteiger partial charge in [0.25, 0.3) is 0 Å². The van der Waals surface area contributed by atoms with Gasteiger partial charge < -0.3 is 10.6 Å². The van der Waals surface area contributed by atoms with Gasteiger partial charge in [-0.05, 0) is 36.8 Å². The quantitative estimate of drug-likeness (QED) is 0.850. The number of rotatable bonds is 5. The van der Waals surface area contributed by atoms with E-state index in [-0.39, 0.29) is 11.8 Å². The van der Waals surface area contributed by atoms with Crippen LogP contribution in [-0.4, -0.2) is 17.4 Å². The highest BCUT2D eigenvalue weighted by atomic mass is 32.1. The summed E-state index contributed by atoms with van der Waals surface area (Å²) in [6, 6.07) is 9.89. The number of thiocarbonyl (C=S) groups is 1. The Bertz CT molecular complexity index is 519. The third-order valence-corrected chi connectivity index (χ3v) is 5.06. The summed E-state index contributed by atoms with van der Waals surface area (Å²) in [4.78, 5) is 15.3. The zero-order valence-electron chi connectivity index (χ0n) is 12.2. The van der Waals surface area contributed by atoms with E-state index in [0.29, 0.717) is 29.8 Å². The van der Waals surface area contributed by atoms with Crippen LogP contribution in [0, 0.1) is 17.8 Å². The third kappa shape index (κ3) is 3.10. The smallest absolute Gasteiger partial charge is 0.230 e. The fourth-order valence-corrected chi connectivity index (χ4v) is 3.83. The number of hydrogen-bond donors (Lipinski definition) is 1. The first kappa shape index (κ1) is 14.5. The van der Waals surface area contributed by atoms with Gasteiger partial charge in [-0.15, -0.1) is 0 Å². The number of amides is 1. The molecule has 2 unspecified atom stereocenters. The molecule has 1 aromatic carbocycles. The maximum Gasteiger partial charge on any atom is 0.230 e. The summed E-state index contributed by atoms with van der Waals surface area (Å²) >= 11 is 4.97. The Balaban J connectivity index is 1.75. The van der Waals surface area contributed by atoms with Crippen molar-refractivity contribution in [2.24, 2.45) is 23.5 Å². The Hall–Kier alpha value is -1.42. The molecule has 0 aromatic heterocycles.